The van der Waals surface area contributed by atoms with Crippen LogP contribution in [-0.4, -0.2) is 18.6 Å². The van der Waals surface area contributed by atoms with E-state index in [0.717, 1.165) is 29.4 Å². The summed E-state index contributed by atoms with van der Waals surface area (Å²) in [6, 6.07) is 7.97. The van der Waals surface area contributed by atoms with Gasteiger partial charge in [0.2, 0.25) is 0 Å². The van der Waals surface area contributed by atoms with Gasteiger partial charge in [0.25, 0.3) is 0 Å². The molecular formula is C13H16N2OS. The predicted molar refractivity (Wildman–Crippen MR) is 71.5 cm³/mol. The molecule has 90 valence electrons. The van der Waals surface area contributed by atoms with Gasteiger partial charge in [0.1, 0.15) is 10.8 Å². The normalized spacial score (nSPS) is 10.5. The molecule has 0 fully saturated rings. The van der Waals surface area contributed by atoms with Gasteiger partial charge < -0.3 is 10.1 Å². The molecule has 1 aromatic carbocycles. The van der Waals surface area contributed by atoms with Gasteiger partial charge in [0.15, 0.2) is 0 Å². The van der Waals surface area contributed by atoms with E-state index < -0.39 is 0 Å². The summed E-state index contributed by atoms with van der Waals surface area (Å²) in [4.78, 5) is 5.69. The minimum absolute atomic E-state index is 0.872. The molecule has 0 saturated heterocycles. The maximum absolute atomic E-state index is 5.34. The van der Waals surface area contributed by atoms with Crippen LogP contribution in [0.1, 0.15) is 11.8 Å². The van der Waals surface area contributed by atoms with Crippen LogP contribution >= 0.6 is 11.3 Å². The first-order chi connectivity index (χ1) is 8.35. The average Bonchev–Trinajstić information content (AvgIpc) is 2.85. The van der Waals surface area contributed by atoms with Gasteiger partial charge in [-0.3, -0.25) is 0 Å². The van der Waals surface area contributed by atoms with Crippen molar-refractivity contribution in [1.82, 2.24) is 10.3 Å². The van der Waals surface area contributed by atoms with Gasteiger partial charge in [0.05, 0.1) is 12.7 Å². The van der Waals surface area contributed by atoms with Crippen LogP contribution in [0, 0.1) is 0 Å². The fourth-order valence-electron chi connectivity index (χ4n) is 1.58. The summed E-state index contributed by atoms with van der Waals surface area (Å²) in [5.41, 5.74) is 1.06. The van der Waals surface area contributed by atoms with Crippen molar-refractivity contribution < 1.29 is 4.74 Å². The van der Waals surface area contributed by atoms with Crippen molar-refractivity contribution in [2.45, 2.75) is 13.5 Å². The molecule has 2 rings (SSSR count). The molecule has 0 aliphatic rings. The van der Waals surface area contributed by atoms with E-state index in [-0.39, 0.29) is 0 Å². The van der Waals surface area contributed by atoms with E-state index in [9.17, 15) is 0 Å². The Balaban J connectivity index is 2.24. The van der Waals surface area contributed by atoms with E-state index in [2.05, 4.69) is 17.2 Å². The van der Waals surface area contributed by atoms with E-state index in [1.807, 2.05) is 30.5 Å². The van der Waals surface area contributed by atoms with Crippen LogP contribution in [0.25, 0.3) is 10.6 Å². The molecule has 0 aliphatic heterocycles. The van der Waals surface area contributed by atoms with Crippen LogP contribution in [0.4, 0.5) is 0 Å². The number of benzene rings is 1. The molecule has 1 aromatic heterocycles. The summed E-state index contributed by atoms with van der Waals surface area (Å²) in [7, 11) is 1.69. The number of hydrogen-bond acceptors (Lipinski definition) is 4. The van der Waals surface area contributed by atoms with Crippen LogP contribution in [0.15, 0.2) is 30.5 Å². The highest BCUT2D eigenvalue weighted by Gasteiger charge is 2.09. The van der Waals surface area contributed by atoms with E-state index in [1.54, 1.807) is 18.4 Å². The second kappa shape index (κ2) is 5.80. The number of para-hydroxylation sites is 1. The molecule has 3 nitrogen and oxygen atoms in total. The molecule has 0 bridgehead atoms. The summed E-state index contributed by atoms with van der Waals surface area (Å²) >= 11 is 1.70. The number of rotatable bonds is 5. The summed E-state index contributed by atoms with van der Waals surface area (Å²) in [6.07, 6.45) is 1.93. The Bertz CT molecular complexity index is 482. The zero-order chi connectivity index (χ0) is 12.1. The summed E-state index contributed by atoms with van der Waals surface area (Å²) in [6.45, 7) is 3.95. The average molecular weight is 248 g/mol. The summed E-state index contributed by atoms with van der Waals surface area (Å²) in [5, 5.41) is 4.31. The van der Waals surface area contributed by atoms with Crippen molar-refractivity contribution in [3.8, 4) is 16.3 Å². The Hall–Kier alpha value is -1.39. The third-order valence-electron chi connectivity index (χ3n) is 2.44. The third-order valence-corrected chi connectivity index (χ3v) is 3.47. The zero-order valence-corrected chi connectivity index (χ0v) is 10.9. The molecule has 0 aliphatic carbocycles. The first-order valence-corrected chi connectivity index (χ1v) is 6.45. The number of ether oxygens (including phenoxy) is 1. The largest absolute Gasteiger partial charge is 0.496 e. The van der Waals surface area contributed by atoms with E-state index in [1.165, 1.54) is 4.88 Å². The van der Waals surface area contributed by atoms with Crippen molar-refractivity contribution in [1.29, 1.82) is 0 Å². The van der Waals surface area contributed by atoms with Crippen molar-refractivity contribution in [2.24, 2.45) is 0 Å². The number of methoxy groups -OCH3 is 1. The minimum Gasteiger partial charge on any atom is -0.496 e. The maximum Gasteiger partial charge on any atom is 0.129 e. The van der Waals surface area contributed by atoms with E-state index in [0.29, 0.717) is 0 Å². The lowest BCUT2D eigenvalue weighted by Gasteiger charge is -2.04. The van der Waals surface area contributed by atoms with Crippen LogP contribution in [0.5, 0.6) is 5.75 Å². The minimum atomic E-state index is 0.872. The topological polar surface area (TPSA) is 34.2 Å². The van der Waals surface area contributed by atoms with E-state index >= 15 is 0 Å². The number of nitrogens with zero attached hydrogens (tertiary/aromatic N) is 1. The number of aromatic nitrogens is 1. The molecule has 0 saturated carbocycles. The van der Waals surface area contributed by atoms with Gasteiger partial charge in [-0.15, -0.1) is 11.3 Å². The molecule has 17 heavy (non-hydrogen) atoms. The SMILES string of the molecule is CCNCc1cnc(-c2ccccc2OC)s1. The molecule has 0 amide bonds. The van der Waals surface area contributed by atoms with Gasteiger partial charge in [-0.2, -0.15) is 0 Å². The molecule has 0 unspecified atom stereocenters. The number of hydrogen-bond donors (Lipinski definition) is 1. The highest BCUT2D eigenvalue weighted by molar-refractivity contribution is 7.15. The Morgan fingerprint density at radius 3 is 2.94 bits per heavy atom. The molecule has 0 atom stereocenters. The van der Waals surface area contributed by atoms with Crippen molar-refractivity contribution in [3.63, 3.8) is 0 Å². The molecular weight excluding hydrogens is 232 g/mol. The van der Waals surface area contributed by atoms with Gasteiger partial charge in [-0.1, -0.05) is 19.1 Å². The first kappa shape index (κ1) is 12.1. The molecule has 0 spiro atoms. The van der Waals surface area contributed by atoms with Gasteiger partial charge >= 0.3 is 0 Å². The standard InChI is InChI=1S/C13H16N2OS/c1-3-14-8-10-9-15-13(17-10)11-6-4-5-7-12(11)16-2/h4-7,9,14H,3,8H2,1-2H3. The van der Waals surface area contributed by atoms with Crippen molar-refractivity contribution in [2.75, 3.05) is 13.7 Å². The third kappa shape index (κ3) is 2.84. The van der Waals surface area contributed by atoms with Crippen LogP contribution < -0.4 is 10.1 Å². The zero-order valence-electron chi connectivity index (χ0n) is 10.1. The molecule has 1 N–H and O–H groups in total. The Morgan fingerprint density at radius 1 is 1.35 bits per heavy atom. The maximum atomic E-state index is 5.34. The number of thiazole rings is 1. The van der Waals surface area contributed by atoms with Gasteiger partial charge in [-0.25, -0.2) is 4.98 Å². The lowest BCUT2D eigenvalue weighted by molar-refractivity contribution is 0.416. The fourth-order valence-corrected chi connectivity index (χ4v) is 2.50. The van der Waals surface area contributed by atoms with E-state index in [4.69, 9.17) is 4.74 Å². The molecule has 2 aromatic rings. The predicted octanol–water partition coefficient (Wildman–Crippen LogP) is 2.93. The lowest BCUT2D eigenvalue weighted by atomic mass is 10.2. The summed E-state index contributed by atoms with van der Waals surface area (Å²) in [5.74, 6) is 0.872. The van der Waals surface area contributed by atoms with Gasteiger partial charge in [0, 0.05) is 17.6 Å². The highest BCUT2D eigenvalue weighted by atomic mass is 32.1. The Kier molecular flexibility index (Phi) is 4.12. The second-order valence-corrected chi connectivity index (χ2v) is 4.73. The molecule has 1 heterocycles. The first-order valence-electron chi connectivity index (χ1n) is 5.64. The summed E-state index contributed by atoms with van der Waals surface area (Å²) < 4.78 is 5.34. The van der Waals surface area contributed by atoms with Gasteiger partial charge in [-0.05, 0) is 18.7 Å². The smallest absolute Gasteiger partial charge is 0.129 e. The fraction of sp³-hybridized carbons (Fsp3) is 0.308. The quantitative estimate of drug-likeness (QED) is 0.883. The van der Waals surface area contributed by atoms with Crippen LogP contribution in [0.2, 0.25) is 0 Å². The Labute approximate surface area is 105 Å². The van der Waals surface area contributed by atoms with Crippen molar-refractivity contribution >= 4 is 11.3 Å². The number of nitrogens with one attached hydrogen (secondary N) is 1. The van der Waals surface area contributed by atoms with Crippen LogP contribution in [-0.2, 0) is 6.54 Å². The second-order valence-electron chi connectivity index (χ2n) is 3.61. The van der Waals surface area contributed by atoms with Crippen LogP contribution in [0.3, 0.4) is 0 Å². The molecule has 4 heteroatoms. The highest BCUT2D eigenvalue weighted by Crippen LogP contribution is 2.32. The van der Waals surface area contributed by atoms with Crippen molar-refractivity contribution in [3.05, 3.63) is 35.3 Å². The monoisotopic (exact) mass is 248 g/mol. The lowest BCUT2D eigenvalue weighted by Crippen LogP contribution is -2.10. The Morgan fingerprint density at radius 2 is 2.18 bits per heavy atom. The molecule has 0 radical (unpaired) electrons.